The van der Waals surface area contributed by atoms with E-state index in [2.05, 4.69) is 53.7 Å². The van der Waals surface area contributed by atoms with Gasteiger partial charge < -0.3 is 9.26 Å². The monoisotopic (exact) mass is 530 g/mol. The number of aliphatic imine (C=N–C) groups is 1. The molecule has 0 spiro atoms. The molecule has 6 heteroatoms. The van der Waals surface area contributed by atoms with Crippen LogP contribution < -0.4 is 0 Å². The number of nitrogens with zero attached hydrogens (tertiary/aromatic N) is 2. The molecule has 2 fully saturated rings. The minimum Gasteiger partial charge on any atom is -0.373 e. The Morgan fingerprint density at radius 1 is 0.838 bits per heavy atom. The van der Waals surface area contributed by atoms with E-state index >= 15 is 0 Å². The van der Waals surface area contributed by atoms with E-state index < -0.39 is 0 Å². The zero-order chi connectivity index (χ0) is 25.2. The van der Waals surface area contributed by atoms with Gasteiger partial charge in [0.05, 0.1) is 34.5 Å². The quantitative estimate of drug-likeness (QED) is 0.214. The van der Waals surface area contributed by atoms with Crippen LogP contribution in [0.3, 0.4) is 0 Å². The fraction of sp³-hybridized carbons (Fsp3) is 0.290. The molecule has 0 bridgehead atoms. The van der Waals surface area contributed by atoms with Crippen LogP contribution >= 0.6 is 23.2 Å². The van der Waals surface area contributed by atoms with Crippen molar-refractivity contribution in [1.29, 1.82) is 0 Å². The lowest BCUT2D eigenvalue weighted by atomic mass is 10.0. The number of benzene rings is 3. The van der Waals surface area contributed by atoms with E-state index in [-0.39, 0.29) is 12.1 Å². The minimum atomic E-state index is 0.123. The van der Waals surface area contributed by atoms with E-state index in [0.29, 0.717) is 33.8 Å². The summed E-state index contributed by atoms with van der Waals surface area (Å²) in [5.41, 5.74) is 5.69. The predicted molar refractivity (Wildman–Crippen MR) is 149 cm³/mol. The lowest BCUT2D eigenvalue weighted by Gasteiger charge is -2.14. The molecule has 2 saturated carbocycles. The summed E-state index contributed by atoms with van der Waals surface area (Å²) in [6.07, 6.45) is 5.20. The van der Waals surface area contributed by atoms with Crippen LogP contribution in [-0.4, -0.2) is 23.0 Å². The van der Waals surface area contributed by atoms with Gasteiger partial charge in [-0.25, -0.2) is 0 Å². The van der Waals surface area contributed by atoms with Gasteiger partial charge in [-0.15, -0.1) is 0 Å². The first-order chi connectivity index (χ1) is 18.2. The summed E-state index contributed by atoms with van der Waals surface area (Å²) in [7, 11) is 0. The van der Waals surface area contributed by atoms with Gasteiger partial charge in [0, 0.05) is 28.2 Å². The third-order valence-electron chi connectivity index (χ3n) is 7.19. The highest BCUT2D eigenvalue weighted by atomic mass is 35.5. The number of ether oxygens (including phenoxy) is 1. The highest BCUT2D eigenvalue weighted by Gasteiger charge is 2.34. The van der Waals surface area contributed by atoms with Gasteiger partial charge in [0.25, 0.3) is 0 Å². The van der Waals surface area contributed by atoms with E-state index in [0.717, 1.165) is 60.3 Å². The SMILES string of the molecule is Clc1cccc(Cl)c1-c1noc(C2CC2)c1COC1CC[C@@H](N=C(c2ccccc2)c2ccccc2)C1. The second-order valence-electron chi connectivity index (χ2n) is 9.85. The number of halogens is 2. The third-order valence-corrected chi connectivity index (χ3v) is 7.82. The van der Waals surface area contributed by atoms with Crippen molar-refractivity contribution in [2.24, 2.45) is 4.99 Å². The molecule has 0 N–H and O–H groups in total. The van der Waals surface area contributed by atoms with E-state index in [1.54, 1.807) is 0 Å². The summed E-state index contributed by atoms with van der Waals surface area (Å²) >= 11 is 13.0. The van der Waals surface area contributed by atoms with Crippen molar-refractivity contribution in [2.75, 3.05) is 0 Å². The van der Waals surface area contributed by atoms with Crippen LogP contribution in [-0.2, 0) is 11.3 Å². The molecular formula is C31H28Cl2N2O2. The Morgan fingerprint density at radius 2 is 1.49 bits per heavy atom. The third kappa shape index (κ3) is 5.38. The van der Waals surface area contributed by atoms with Crippen molar-refractivity contribution in [3.63, 3.8) is 0 Å². The molecule has 3 aromatic carbocycles. The van der Waals surface area contributed by atoms with Crippen LogP contribution in [0.2, 0.25) is 10.0 Å². The maximum Gasteiger partial charge on any atom is 0.145 e. The Hall–Kier alpha value is -2.92. The molecule has 1 unspecified atom stereocenters. The molecule has 37 heavy (non-hydrogen) atoms. The maximum atomic E-state index is 6.51. The molecule has 4 aromatic rings. The number of aromatic nitrogens is 1. The van der Waals surface area contributed by atoms with E-state index in [1.165, 1.54) is 0 Å². The molecule has 0 aliphatic heterocycles. The zero-order valence-electron chi connectivity index (χ0n) is 20.4. The lowest BCUT2D eigenvalue weighted by molar-refractivity contribution is 0.0443. The molecule has 2 aliphatic rings. The van der Waals surface area contributed by atoms with Gasteiger partial charge in [-0.1, -0.05) is 95.1 Å². The fourth-order valence-electron chi connectivity index (χ4n) is 5.13. The summed E-state index contributed by atoms with van der Waals surface area (Å²) < 4.78 is 12.3. The smallest absolute Gasteiger partial charge is 0.145 e. The number of hydrogen-bond donors (Lipinski definition) is 0. The van der Waals surface area contributed by atoms with Gasteiger partial charge in [-0.05, 0) is 44.2 Å². The van der Waals surface area contributed by atoms with Crippen molar-refractivity contribution in [3.05, 3.63) is 111 Å². The molecule has 2 atom stereocenters. The maximum absolute atomic E-state index is 6.51. The first-order valence-corrected chi connectivity index (χ1v) is 13.7. The van der Waals surface area contributed by atoms with Gasteiger partial charge in [-0.3, -0.25) is 4.99 Å². The van der Waals surface area contributed by atoms with Crippen LogP contribution in [0.1, 0.15) is 60.5 Å². The molecule has 0 radical (unpaired) electrons. The van der Waals surface area contributed by atoms with Crippen LogP contribution in [0.5, 0.6) is 0 Å². The molecular weight excluding hydrogens is 503 g/mol. The summed E-state index contributed by atoms with van der Waals surface area (Å²) in [4.78, 5) is 5.23. The van der Waals surface area contributed by atoms with Crippen LogP contribution in [0.4, 0.5) is 0 Å². The molecule has 1 heterocycles. The molecule has 2 aliphatic carbocycles. The van der Waals surface area contributed by atoms with Gasteiger partial charge >= 0.3 is 0 Å². The second kappa shape index (κ2) is 10.8. The Bertz CT molecular complexity index is 1340. The first-order valence-electron chi connectivity index (χ1n) is 12.9. The van der Waals surface area contributed by atoms with Crippen LogP contribution in [0.15, 0.2) is 88.4 Å². The molecule has 6 rings (SSSR count). The summed E-state index contributed by atoms with van der Waals surface area (Å²) in [5.74, 6) is 1.32. The molecule has 0 amide bonds. The highest BCUT2D eigenvalue weighted by molar-refractivity contribution is 6.39. The van der Waals surface area contributed by atoms with Gasteiger partial charge in [0.2, 0.25) is 0 Å². The topological polar surface area (TPSA) is 47.6 Å². The molecule has 4 nitrogen and oxygen atoms in total. The number of hydrogen-bond acceptors (Lipinski definition) is 4. The Kier molecular flexibility index (Phi) is 7.14. The van der Waals surface area contributed by atoms with Crippen molar-refractivity contribution in [3.8, 4) is 11.3 Å². The summed E-state index contributed by atoms with van der Waals surface area (Å²) in [6, 6.07) is 26.5. The van der Waals surface area contributed by atoms with E-state index in [9.17, 15) is 0 Å². The van der Waals surface area contributed by atoms with Gasteiger partial charge in [0.1, 0.15) is 11.5 Å². The highest BCUT2D eigenvalue weighted by Crippen LogP contribution is 2.46. The normalized spacial score (nSPS) is 19.2. The van der Waals surface area contributed by atoms with Crippen molar-refractivity contribution in [1.82, 2.24) is 5.16 Å². The summed E-state index contributed by atoms with van der Waals surface area (Å²) in [6.45, 7) is 0.428. The standard InChI is InChI=1S/C31H28Cl2N2O2/c32-26-12-7-13-27(33)28(26)30-25(31(37-35-30)22-14-15-22)19-36-24-17-16-23(18-24)34-29(20-8-3-1-4-9-20)21-10-5-2-6-11-21/h1-13,22-24H,14-19H2/t23-,24?/m1/s1. The van der Waals surface area contributed by atoms with Gasteiger partial charge in [0.15, 0.2) is 0 Å². The molecule has 188 valence electrons. The Balaban J connectivity index is 1.21. The number of rotatable bonds is 8. The van der Waals surface area contributed by atoms with Crippen molar-refractivity contribution >= 4 is 28.9 Å². The predicted octanol–water partition coefficient (Wildman–Crippen LogP) is 8.50. The van der Waals surface area contributed by atoms with E-state index in [4.69, 9.17) is 37.5 Å². The summed E-state index contributed by atoms with van der Waals surface area (Å²) in [5, 5.41) is 5.52. The minimum absolute atomic E-state index is 0.123. The lowest BCUT2D eigenvalue weighted by Crippen LogP contribution is -2.13. The average molecular weight is 531 g/mol. The molecule has 1 aromatic heterocycles. The second-order valence-corrected chi connectivity index (χ2v) is 10.7. The van der Waals surface area contributed by atoms with Crippen LogP contribution in [0.25, 0.3) is 11.3 Å². The largest absolute Gasteiger partial charge is 0.373 e. The Morgan fingerprint density at radius 3 is 2.11 bits per heavy atom. The Labute approximate surface area is 227 Å². The fourth-order valence-corrected chi connectivity index (χ4v) is 5.70. The van der Waals surface area contributed by atoms with Crippen molar-refractivity contribution < 1.29 is 9.26 Å². The van der Waals surface area contributed by atoms with Crippen LogP contribution in [0, 0.1) is 0 Å². The average Bonchev–Trinajstić information content (AvgIpc) is 3.53. The molecule has 0 saturated heterocycles. The zero-order valence-corrected chi connectivity index (χ0v) is 22.0. The van der Waals surface area contributed by atoms with Gasteiger partial charge in [-0.2, -0.15) is 0 Å². The van der Waals surface area contributed by atoms with E-state index in [1.807, 2.05) is 30.3 Å². The van der Waals surface area contributed by atoms with Crippen molar-refractivity contribution in [2.45, 2.75) is 56.8 Å². The first kappa shape index (κ1) is 24.4.